The van der Waals surface area contributed by atoms with Gasteiger partial charge in [-0.3, -0.25) is 0 Å². The lowest BCUT2D eigenvalue weighted by Crippen LogP contribution is -2.46. The van der Waals surface area contributed by atoms with E-state index in [2.05, 4.69) is 34.3 Å². The Morgan fingerprint density at radius 2 is 1.84 bits per heavy atom. The Morgan fingerprint density at radius 3 is 2.54 bits per heavy atom. The topological polar surface area (TPSA) is 63.0 Å². The third-order valence-corrected chi connectivity index (χ3v) is 8.50. The Balaban J connectivity index is 1.31. The number of methoxy groups -OCH3 is 1. The van der Waals surface area contributed by atoms with Gasteiger partial charge in [0, 0.05) is 42.8 Å². The van der Waals surface area contributed by atoms with Crippen LogP contribution in [-0.2, 0) is 0 Å². The van der Waals surface area contributed by atoms with Gasteiger partial charge in [-0.25, -0.2) is 4.98 Å². The molecule has 1 N–H and O–H groups in total. The van der Waals surface area contributed by atoms with Crippen molar-refractivity contribution in [2.45, 2.75) is 45.1 Å². The van der Waals surface area contributed by atoms with Crippen molar-refractivity contribution in [2.24, 2.45) is 11.8 Å². The van der Waals surface area contributed by atoms with Crippen LogP contribution in [0, 0.1) is 18.8 Å². The molecule has 1 aromatic carbocycles. The van der Waals surface area contributed by atoms with Gasteiger partial charge in [-0.2, -0.15) is 0 Å². The number of aryl methyl sites for hydroxylation is 1. The highest BCUT2D eigenvalue weighted by molar-refractivity contribution is 5.95. The van der Waals surface area contributed by atoms with Gasteiger partial charge in [0.05, 0.1) is 19.2 Å². The van der Waals surface area contributed by atoms with Crippen LogP contribution in [-0.4, -0.2) is 74.3 Å². The summed E-state index contributed by atoms with van der Waals surface area (Å²) >= 11 is 0. The van der Waals surface area contributed by atoms with Crippen LogP contribution in [0.3, 0.4) is 0 Å². The van der Waals surface area contributed by atoms with Crippen molar-refractivity contribution in [1.29, 1.82) is 0 Å². The number of hydrogen-bond donors (Lipinski definition) is 1. The second-order valence-corrected chi connectivity index (χ2v) is 11.2. The number of aromatic nitrogens is 1. The van der Waals surface area contributed by atoms with E-state index in [9.17, 15) is 0 Å². The van der Waals surface area contributed by atoms with Crippen molar-refractivity contribution in [3.63, 3.8) is 0 Å². The van der Waals surface area contributed by atoms with Gasteiger partial charge in [-0.1, -0.05) is 0 Å². The van der Waals surface area contributed by atoms with Crippen molar-refractivity contribution < 1.29 is 13.9 Å². The number of piperidine rings is 1. The van der Waals surface area contributed by atoms with Crippen LogP contribution in [0.5, 0.6) is 11.5 Å². The molecule has 3 aliphatic rings. The van der Waals surface area contributed by atoms with Crippen molar-refractivity contribution in [3.8, 4) is 23.0 Å². The number of benzene rings is 1. The lowest BCUT2D eigenvalue weighted by Gasteiger charge is -2.37. The molecule has 7 heteroatoms. The molecule has 7 nitrogen and oxygen atoms in total. The average molecular weight is 505 g/mol. The maximum atomic E-state index is 6.25. The van der Waals surface area contributed by atoms with Crippen LogP contribution in [0.15, 0.2) is 34.7 Å². The summed E-state index contributed by atoms with van der Waals surface area (Å²) in [7, 11) is 3.97. The lowest BCUT2D eigenvalue weighted by atomic mass is 9.92. The van der Waals surface area contributed by atoms with E-state index in [0.717, 1.165) is 71.4 Å². The van der Waals surface area contributed by atoms with Crippen molar-refractivity contribution in [3.05, 3.63) is 36.1 Å². The van der Waals surface area contributed by atoms with E-state index >= 15 is 0 Å². The van der Waals surface area contributed by atoms with Crippen molar-refractivity contribution in [1.82, 2.24) is 14.8 Å². The predicted octanol–water partition coefficient (Wildman–Crippen LogP) is 5.43. The quantitative estimate of drug-likeness (QED) is 0.390. The monoisotopic (exact) mass is 504 g/mol. The normalized spacial score (nSPS) is 24.1. The summed E-state index contributed by atoms with van der Waals surface area (Å²) < 4.78 is 18.0. The van der Waals surface area contributed by atoms with Crippen molar-refractivity contribution in [2.75, 3.05) is 58.8 Å². The number of fused-ring (bicyclic) bond motifs is 3. The van der Waals surface area contributed by atoms with Crippen LogP contribution in [0.25, 0.3) is 22.4 Å². The van der Waals surface area contributed by atoms with Gasteiger partial charge >= 0.3 is 0 Å². The van der Waals surface area contributed by atoms with Gasteiger partial charge < -0.3 is 29.0 Å². The second kappa shape index (κ2) is 10.5. The van der Waals surface area contributed by atoms with Gasteiger partial charge in [0.15, 0.2) is 17.3 Å². The summed E-state index contributed by atoms with van der Waals surface area (Å²) in [6.45, 7) is 8.46. The third kappa shape index (κ3) is 5.16. The molecule has 37 heavy (non-hydrogen) atoms. The minimum Gasteiger partial charge on any atom is -0.493 e. The van der Waals surface area contributed by atoms with E-state index < -0.39 is 0 Å². The first kappa shape index (κ1) is 24.6. The highest BCUT2D eigenvalue weighted by atomic mass is 16.5. The van der Waals surface area contributed by atoms with Crippen molar-refractivity contribution >= 4 is 16.6 Å². The SMILES string of the molecule is COc1cc2c(NC3C4CCC3CN(C)C4)cc(-c3ccc(C)o3)nc2cc1OCCCN1CCCC1. The van der Waals surface area contributed by atoms with Crippen LogP contribution < -0.4 is 14.8 Å². The van der Waals surface area contributed by atoms with E-state index in [4.69, 9.17) is 18.9 Å². The number of anilines is 1. The Hall–Kier alpha value is -2.77. The molecular formula is C30H40N4O3. The largest absolute Gasteiger partial charge is 0.493 e. The Labute approximate surface area is 220 Å². The molecule has 2 atom stereocenters. The highest BCUT2D eigenvalue weighted by Crippen LogP contribution is 2.42. The Morgan fingerprint density at radius 1 is 1.05 bits per heavy atom. The molecule has 1 saturated carbocycles. The lowest BCUT2D eigenvalue weighted by molar-refractivity contribution is 0.187. The second-order valence-electron chi connectivity index (χ2n) is 11.2. The summed E-state index contributed by atoms with van der Waals surface area (Å²) in [6.07, 6.45) is 6.22. The minimum absolute atomic E-state index is 0.473. The summed E-state index contributed by atoms with van der Waals surface area (Å²) in [5.41, 5.74) is 2.83. The zero-order valence-corrected chi connectivity index (χ0v) is 22.5. The molecule has 3 fully saturated rings. The molecule has 2 aromatic heterocycles. The maximum Gasteiger partial charge on any atom is 0.163 e. The van der Waals surface area contributed by atoms with E-state index in [1.54, 1.807) is 7.11 Å². The molecule has 0 amide bonds. The molecule has 2 saturated heterocycles. The first-order chi connectivity index (χ1) is 18.1. The van der Waals surface area contributed by atoms with Gasteiger partial charge in [0.1, 0.15) is 11.5 Å². The third-order valence-electron chi connectivity index (χ3n) is 8.50. The van der Waals surface area contributed by atoms with Crippen LogP contribution in [0.4, 0.5) is 5.69 Å². The molecule has 3 aromatic rings. The first-order valence-corrected chi connectivity index (χ1v) is 14.0. The smallest absolute Gasteiger partial charge is 0.163 e. The summed E-state index contributed by atoms with van der Waals surface area (Å²) in [4.78, 5) is 10.0. The number of likely N-dealkylation sites (tertiary alicyclic amines) is 2. The zero-order valence-electron chi connectivity index (χ0n) is 22.5. The summed E-state index contributed by atoms with van der Waals surface area (Å²) in [6, 6.07) is 10.8. The molecule has 0 radical (unpaired) electrons. The van der Waals surface area contributed by atoms with E-state index in [1.807, 2.05) is 25.1 Å². The van der Waals surface area contributed by atoms with E-state index in [1.165, 1.54) is 38.8 Å². The number of ether oxygens (including phenoxy) is 2. The predicted molar refractivity (Wildman–Crippen MR) is 148 cm³/mol. The summed E-state index contributed by atoms with van der Waals surface area (Å²) in [5, 5.41) is 5.03. The Bertz CT molecular complexity index is 1220. The zero-order chi connectivity index (χ0) is 25.4. The maximum absolute atomic E-state index is 6.25. The van der Waals surface area contributed by atoms with Crippen LogP contribution in [0.2, 0.25) is 0 Å². The summed E-state index contributed by atoms with van der Waals surface area (Å²) in [5.74, 6) is 4.52. The molecule has 2 unspecified atom stereocenters. The number of rotatable bonds is 9. The number of furan rings is 1. The van der Waals surface area contributed by atoms with Crippen LogP contribution >= 0.6 is 0 Å². The molecule has 0 spiro atoms. The fraction of sp³-hybridized carbons (Fsp3) is 0.567. The van der Waals surface area contributed by atoms with Gasteiger partial charge in [-0.15, -0.1) is 0 Å². The fourth-order valence-electron chi connectivity index (χ4n) is 6.67. The molecular weight excluding hydrogens is 464 g/mol. The minimum atomic E-state index is 0.473. The molecule has 1 aliphatic carbocycles. The number of nitrogens with zero attached hydrogens (tertiary/aromatic N) is 3. The Kier molecular flexibility index (Phi) is 7.00. The molecule has 6 rings (SSSR count). The highest BCUT2D eigenvalue weighted by Gasteiger charge is 2.41. The number of nitrogens with one attached hydrogen (secondary N) is 1. The van der Waals surface area contributed by atoms with Gasteiger partial charge in [-0.05, 0) is 95.3 Å². The average Bonchev–Trinajstić information content (AvgIpc) is 3.62. The number of hydrogen-bond acceptors (Lipinski definition) is 7. The van der Waals surface area contributed by atoms with Crippen LogP contribution in [0.1, 0.15) is 37.9 Å². The first-order valence-electron chi connectivity index (χ1n) is 14.0. The van der Waals surface area contributed by atoms with E-state index in [0.29, 0.717) is 24.5 Å². The van der Waals surface area contributed by atoms with Gasteiger partial charge in [0.25, 0.3) is 0 Å². The molecule has 4 heterocycles. The number of pyridine rings is 1. The molecule has 2 bridgehead atoms. The molecule has 2 aliphatic heterocycles. The molecule has 198 valence electrons. The van der Waals surface area contributed by atoms with E-state index in [-0.39, 0.29) is 0 Å². The van der Waals surface area contributed by atoms with Gasteiger partial charge in [0.2, 0.25) is 0 Å². The fourth-order valence-corrected chi connectivity index (χ4v) is 6.67. The standard InChI is InChI=1S/C30H40N4O3/c1-20-7-10-27(37-20)26-16-24(32-30-21-8-9-22(30)19-33(2)18-21)23-15-28(35-3)29(17-25(23)31-26)36-14-6-13-34-11-4-5-12-34/h7,10,15-17,21-22,30H,4-6,8-9,11-14,18-19H2,1-3H3,(H,31,32).